The Morgan fingerprint density at radius 3 is 2.63 bits per heavy atom. The predicted molar refractivity (Wildman–Crippen MR) is 103 cm³/mol. The minimum atomic E-state index is -0.254. The summed E-state index contributed by atoms with van der Waals surface area (Å²) in [6.07, 6.45) is 8.73. The zero-order valence-electron chi connectivity index (χ0n) is 17.2. The van der Waals surface area contributed by atoms with Crippen LogP contribution in [0.2, 0.25) is 0 Å². The van der Waals surface area contributed by atoms with E-state index in [1.165, 1.54) is 32.6 Å². The molecule has 152 valence electrons. The van der Waals surface area contributed by atoms with Gasteiger partial charge in [-0.1, -0.05) is 13.8 Å². The van der Waals surface area contributed by atoms with Crippen LogP contribution in [0.1, 0.15) is 78.6 Å². The molecule has 0 saturated heterocycles. The molecule has 4 aliphatic rings. The minimum Gasteiger partial charge on any atom is -0.466 e. The van der Waals surface area contributed by atoms with Gasteiger partial charge in [0.25, 0.3) is 0 Å². The van der Waals surface area contributed by atoms with Gasteiger partial charge in [0.2, 0.25) is 0 Å². The average Bonchev–Trinajstić information content (AvgIpc) is 2.93. The smallest absolute Gasteiger partial charge is 0.302 e. The molecular weight excluding hydrogens is 340 g/mol. The second-order valence-corrected chi connectivity index (χ2v) is 10.5. The Kier molecular flexibility index (Phi) is 4.93. The first-order valence-electron chi connectivity index (χ1n) is 11.1. The van der Waals surface area contributed by atoms with Crippen LogP contribution < -0.4 is 0 Å². The molecule has 0 spiro atoms. The molecule has 0 radical (unpaired) electrons. The van der Waals surface area contributed by atoms with Gasteiger partial charge in [-0.3, -0.25) is 9.59 Å². The van der Waals surface area contributed by atoms with Crippen LogP contribution in [0.3, 0.4) is 0 Å². The molecule has 4 saturated carbocycles. The normalized spacial score (nSPS) is 49.1. The molecular formula is C23H36O4. The molecule has 4 fully saturated rings. The third-order valence-corrected chi connectivity index (χ3v) is 9.47. The molecule has 27 heavy (non-hydrogen) atoms. The van der Waals surface area contributed by atoms with Crippen molar-refractivity contribution in [2.45, 2.75) is 84.7 Å². The van der Waals surface area contributed by atoms with E-state index < -0.39 is 0 Å². The van der Waals surface area contributed by atoms with Gasteiger partial charge in [-0.05, 0) is 85.4 Å². The zero-order chi connectivity index (χ0) is 19.4. The number of carbonyl (C=O) groups excluding carboxylic acids is 2. The van der Waals surface area contributed by atoms with Crippen LogP contribution in [-0.2, 0) is 14.3 Å². The molecule has 4 rings (SSSR count). The Morgan fingerprint density at radius 1 is 1.15 bits per heavy atom. The first kappa shape index (κ1) is 19.4. The fourth-order valence-electron chi connectivity index (χ4n) is 7.94. The lowest BCUT2D eigenvalue weighted by Gasteiger charge is -2.61. The van der Waals surface area contributed by atoms with E-state index in [1.54, 1.807) is 0 Å². The van der Waals surface area contributed by atoms with Crippen molar-refractivity contribution in [3.63, 3.8) is 0 Å². The van der Waals surface area contributed by atoms with E-state index >= 15 is 0 Å². The van der Waals surface area contributed by atoms with Crippen molar-refractivity contribution in [1.29, 1.82) is 0 Å². The topological polar surface area (TPSA) is 63.6 Å². The largest absolute Gasteiger partial charge is 0.466 e. The van der Waals surface area contributed by atoms with Gasteiger partial charge in [-0.25, -0.2) is 0 Å². The summed E-state index contributed by atoms with van der Waals surface area (Å²) in [5.41, 5.74) is 0.491. The average molecular weight is 377 g/mol. The van der Waals surface area contributed by atoms with E-state index in [0.29, 0.717) is 48.4 Å². The highest BCUT2D eigenvalue weighted by Gasteiger charge is 2.62. The maximum atomic E-state index is 12.0. The van der Waals surface area contributed by atoms with Gasteiger partial charge in [0.15, 0.2) is 0 Å². The first-order chi connectivity index (χ1) is 12.8. The van der Waals surface area contributed by atoms with Crippen molar-refractivity contribution in [3.8, 4) is 0 Å². The molecule has 0 bridgehead atoms. The van der Waals surface area contributed by atoms with Crippen LogP contribution in [0.4, 0.5) is 0 Å². The second-order valence-electron chi connectivity index (χ2n) is 10.5. The second kappa shape index (κ2) is 6.86. The number of esters is 1. The minimum absolute atomic E-state index is 0.188. The summed E-state index contributed by atoms with van der Waals surface area (Å²) in [7, 11) is 0. The first-order valence-corrected chi connectivity index (χ1v) is 11.1. The SMILES string of the molecule is CC(=O)OCCC1CCC2C3C(O)CC4CC(=O)CCC4(C)C3CC[C@]12C. The Hall–Kier alpha value is -0.900. The molecule has 1 N–H and O–H groups in total. The Labute approximate surface area is 163 Å². The summed E-state index contributed by atoms with van der Waals surface area (Å²) in [5.74, 6) is 2.70. The Balaban J connectivity index is 1.53. The third kappa shape index (κ3) is 3.07. The molecule has 4 heteroatoms. The standard InChI is InChI=1S/C23H36O4/c1-14(24)27-11-8-15-4-5-18-21-19(7-10-22(15,18)2)23(3)9-6-17(25)12-16(23)13-20(21)26/h15-16,18-21,26H,4-13H2,1-3H3/t15?,16?,18?,19?,20?,21?,22-,23?/m1/s1. The van der Waals surface area contributed by atoms with Crippen molar-refractivity contribution >= 4 is 11.8 Å². The van der Waals surface area contributed by atoms with E-state index in [4.69, 9.17) is 4.74 Å². The zero-order valence-corrected chi connectivity index (χ0v) is 17.2. The molecule has 0 amide bonds. The molecule has 0 aliphatic heterocycles. The summed E-state index contributed by atoms with van der Waals surface area (Å²) in [6.45, 7) is 6.87. The van der Waals surface area contributed by atoms with E-state index in [9.17, 15) is 14.7 Å². The predicted octanol–water partition coefficient (Wildman–Crippen LogP) is 4.14. The fourth-order valence-corrected chi connectivity index (χ4v) is 7.94. The van der Waals surface area contributed by atoms with E-state index in [-0.39, 0.29) is 22.9 Å². The Bertz CT molecular complexity index is 615. The molecule has 4 aliphatic carbocycles. The lowest BCUT2D eigenvalue weighted by molar-refractivity contribution is -0.167. The quantitative estimate of drug-likeness (QED) is 0.752. The number of aliphatic hydroxyl groups is 1. The number of carbonyl (C=O) groups is 2. The number of Topliss-reactive ketones (excluding diaryl/α,β-unsaturated/α-hetero) is 1. The molecule has 0 aromatic rings. The summed E-state index contributed by atoms with van der Waals surface area (Å²) >= 11 is 0. The van der Waals surface area contributed by atoms with Crippen molar-refractivity contribution in [2.24, 2.45) is 40.4 Å². The number of fused-ring (bicyclic) bond motifs is 5. The number of aliphatic hydroxyl groups excluding tert-OH is 1. The number of hydrogen-bond donors (Lipinski definition) is 1. The number of ether oxygens (including phenoxy) is 1. The highest BCUT2D eigenvalue weighted by atomic mass is 16.5. The van der Waals surface area contributed by atoms with Crippen LogP contribution in [0.5, 0.6) is 0 Å². The van der Waals surface area contributed by atoms with Gasteiger partial charge in [0.1, 0.15) is 5.78 Å². The van der Waals surface area contributed by atoms with Crippen molar-refractivity contribution in [3.05, 3.63) is 0 Å². The highest BCUT2D eigenvalue weighted by molar-refractivity contribution is 5.79. The Morgan fingerprint density at radius 2 is 1.89 bits per heavy atom. The number of hydrogen-bond acceptors (Lipinski definition) is 4. The van der Waals surface area contributed by atoms with Crippen molar-refractivity contribution < 1.29 is 19.4 Å². The summed E-state index contributed by atoms with van der Waals surface area (Å²) in [4.78, 5) is 23.2. The van der Waals surface area contributed by atoms with Gasteiger partial charge in [0.05, 0.1) is 12.7 Å². The molecule has 0 aromatic carbocycles. The molecule has 0 heterocycles. The fraction of sp³-hybridized carbons (Fsp3) is 0.913. The maximum absolute atomic E-state index is 12.0. The third-order valence-electron chi connectivity index (χ3n) is 9.47. The number of ketones is 1. The van der Waals surface area contributed by atoms with E-state index in [0.717, 1.165) is 25.7 Å². The van der Waals surface area contributed by atoms with E-state index in [2.05, 4.69) is 13.8 Å². The van der Waals surface area contributed by atoms with Crippen LogP contribution in [0.15, 0.2) is 0 Å². The van der Waals surface area contributed by atoms with E-state index in [1.807, 2.05) is 0 Å². The number of rotatable bonds is 3. The van der Waals surface area contributed by atoms with Crippen LogP contribution >= 0.6 is 0 Å². The molecule has 8 atom stereocenters. The van der Waals surface area contributed by atoms with Crippen LogP contribution in [0, 0.1) is 40.4 Å². The van der Waals surface area contributed by atoms with Crippen LogP contribution in [0.25, 0.3) is 0 Å². The highest BCUT2D eigenvalue weighted by Crippen LogP contribution is 2.67. The lowest BCUT2D eigenvalue weighted by atomic mass is 9.44. The van der Waals surface area contributed by atoms with Gasteiger partial charge < -0.3 is 9.84 Å². The lowest BCUT2D eigenvalue weighted by Crippen LogP contribution is -2.58. The maximum Gasteiger partial charge on any atom is 0.302 e. The van der Waals surface area contributed by atoms with Crippen molar-refractivity contribution in [1.82, 2.24) is 0 Å². The van der Waals surface area contributed by atoms with Gasteiger partial charge in [0, 0.05) is 19.8 Å². The van der Waals surface area contributed by atoms with Crippen LogP contribution in [-0.4, -0.2) is 29.6 Å². The van der Waals surface area contributed by atoms with Gasteiger partial charge >= 0.3 is 5.97 Å². The summed E-state index contributed by atoms with van der Waals surface area (Å²) in [6, 6.07) is 0. The molecule has 7 unspecified atom stereocenters. The summed E-state index contributed by atoms with van der Waals surface area (Å²) < 4.78 is 5.23. The molecule has 4 nitrogen and oxygen atoms in total. The molecule has 0 aromatic heterocycles. The summed E-state index contributed by atoms with van der Waals surface area (Å²) in [5, 5.41) is 11.2. The monoisotopic (exact) mass is 376 g/mol. The van der Waals surface area contributed by atoms with Gasteiger partial charge in [-0.15, -0.1) is 0 Å². The van der Waals surface area contributed by atoms with Crippen molar-refractivity contribution in [2.75, 3.05) is 6.61 Å². The van der Waals surface area contributed by atoms with Gasteiger partial charge in [-0.2, -0.15) is 0 Å².